The van der Waals surface area contributed by atoms with Gasteiger partial charge in [-0.3, -0.25) is 32.5 Å². The molecule has 0 radical (unpaired) electrons. The van der Waals surface area contributed by atoms with Crippen molar-refractivity contribution in [2.75, 3.05) is 39.6 Å². The van der Waals surface area contributed by atoms with Crippen LogP contribution in [0.3, 0.4) is 0 Å². The fraction of sp³-hybridized carbons (Fsp3) is 0.667. The predicted molar refractivity (Wildman–Crippen MR) is 353 cm³/mol. The molecule has 4 N–H and O–H groups in total. The third kappa shape index (κ3) is 63.3. The van der Waals surface area contributed by atoms with Crippen molar-refractivity contribution in [3.8, 4) is 0 Å². The van der Waals surface area contributed by atoms with E-state index in [-0.39, 0.29) is 19.3 Å². The van der Waals surface area contributed by atoms with E-state index in [2.05, 4.69) is 130 Å². The largest absolute Gasteiger partial charge is 0.472 e. The molecule has 0 fully saturated rings. The van der Waals surface area contributed by atoms with Gasteiger partial charge in [0.25, 0.3) is 0 Å². The van der Waals surface area contributed by atoms with Crippen molar-refractivity contribution >= 4 is 33.6 Å². The zero-order chi connectivity index (χ0) is 63.8. The number of carbonyl (C=O) groups is 3. The summed E-state index contributed by atoms with van der Waals surface area (Å²) in [5.74, 6) is -1.66. The lowest BCUT2D eigenvalue weighted by Gasteiger charge is -2.21. The number of unbranched alkanes of at least 4 members (excludes halogenated alkanes) is 18. The minimum atomic E-state index is -4.93. The molecule has 0 saturated carbocycles. The van der Waals surface area contributed by atoms with Crippen molar-refractivity contribution in [2.24, 2.45) is 0 Å². The highest BCUT2D eigenvalue weighted by atomic mass is 31.2. The van der Waals surface area contributed by atoms with Gasteiger partial charge < -0.3 is 34.2 Å². The summed E-state index contributed by atoms with van der Waals surface area (Å²) in [6, 6.07) is 0. The predicted octanol–water partition coefficient (Wildman–Crippen LogP) is 17.9. The lowest BCUT2D eigenvalue weighted by atomic mass is 10.1. The Morgan fingerprint density at radius 2 is 0.621 bits per heavy atom. The number of aliphatic hydroxyl groups is 2. The van der Waals surface area contributed by atoms with Gasteiger partial charge >= 0.3 is 33.6 Å². The molecule has 0 amide bonds. The van der Waals surface area contributed by atoms with E-state index in [1.165, 1.54) is 38.5 Å². The molecule has 0 heterocycles. The zero-order valence-corrected chi connectivity index (χ0v) is 55.4. The van der Waals surface area contributed by atoms with Gasteiger partial charge in [-0.25, -0.2) is 9.13 Å². The quantitative estimate of drug-likeness (QED) is 0.0146. The summed E-state index contributed by atoms with van der Waals surface area (Å²) in [4.78, 5) is 58.2. The van der Waals surface area contributed by atoms with Crippen LogP contribution >= 0.6 is 15.6 Å². The Hall–Kier alpha value is -4.05. The van der Waals surface area contributed by atoms with E-state index < -0.39 is 91.5 Å². The lowest BCUT2D eigenvalue weighted by molar-refractivity contribution is -0.161. The molecule has 0 bridgehead atoms. The molecule has 5 atom stereocenters. The Morgan fingerprint density at radius 1 is 0.333 bits per heavy atom. The molecule has 5 unspecified atom stereocenters. The monoisotopic (exact) mass is 1260 g/mol. The van der Waals surface area contributed by atoms with Crippen LogP contribution < -0.4 is 0 Å². The first kappa shape index (κ1) is 83.0. The van der Waals surface area contributed by atoms with Crippen LogP contribution in [0.4, 0.5) is 0 Å². The molecule has 0 aliphatic heterocycles. The number of esters is 3. The number of hydrogen-bond acceptors (Lipinski definition) is 14. The van der Waals surface area contributed by atoms with E-state index in [0.717, 1.165) is 135 Å². The molecule has 0 aliphatic carbocycles. The molecule has 0 aliphatic rings. The van der Waals surface area contributed by atoms with Gasteiger partial charge in [0.2, 0.25) is 0 Å². The maximum absolute atomic E-state index is 12.8. The summed E-state index contributed by atoms with van der Waals surface area (Å²) < 4.78 is 60.7. The maximum atomic E-state index is 12.8. The van der Waals surface area contributed by atoms with E-state index in [4.69, 9.17) is 32.3 Å². The summed E-state index contributed by atoms with van der Waals surface area (Å²) in [6.07, 6.45) is 69.9. The van der Waals surface area contributed by atoms with Gasteiger partial charge in [-0.15, -0.1) is 0 Å². The highest BCUT2D eigenvalue weighted by Crippen LogP contribution is 2.45. The molecule has 498 valence electrons. The average Bonchev–Trinajstić information content (AvgIpc) is 3.57. The summed E-state index contributed by atoms with van der Waals surface area (Å²) >= 11 is 0. The Labute approximate surface area is 525 Å². The fourth-order valence-corrected chi connectivity index (χ4v) is 9.80. The fourth-order valence-electron chi connectivity index (χ4n) is 8.22. The molecule has 18 heteroatoms. The second-order valence-corrected chi connectivity index (χ2v) is 24.4. The smallest absolute Gasteiger partial charge is 0.463 e. The van der Waals surface area contributed by atoms with Crippen molar-refractivity contribution in [1.29, 1.82) is 0 Å². The Kier molecular flexibility index (Phi) is 59.3. The van der Waals surface area contributed by atoms with Crippen LogP contribution in [0.2, 0.25) is 0 Å². The molecule has 0 aromatic rings. The van der Waals surface area contributed by atoms with E-state index in [0.29, 0.717) is 25.7 Å². The molecule has 0 saturated heterocycles. The van der Waals surface area contributed by atoms with Crippen molar-refractivity contribution in [3.63, 3.8) is 0 Å². The first-order valence-electron chi connectivity index (χ1n) is 32.8. The minimum absolute atomic E-state index is 0.0910. The van der Waals surface area contributed by atoms with Crippen molar-refractivity contribution < 1.29 is 75.8 Å². The summed E-state index contributed by atoms with van der Waals surface area (Å²) in [7, 11) is -9.79. The van der Waals surface area contributed by atoms with Crippen LogP contribution in [-0.4, -0.2) is 95.9 Å². The third-order valence-corrected chi connectivity index (χ3v) is 15.1. The maximum Gasteiger partial charge on any atom is 0.472 e. The van der Waals surface area contributed by atoms with E-state index in [1.54, 1.807) is 0 Å². The van der Waals surface area contributed by atoms with E-state index >= 15 is 0 Å². The second-order valence-electron chi connectivity index (χ2n) is 21.5. The Bertz CT molecular complexity index is 2070. The average molecular weight is 1260 g/mol. The topological polar surface area (TPSA) is 231 Å². The van der Waals surface area contributed by atoms with Crippen molar-refractivity contribution in [1.82, 2.24) is 0 Å². The van der Waals surface area contributed by atoms with Crippen molar-refractivity contribution in [2.45, 2.75) is 257 Å². The number of hydrogen-bond donors (Lipinski definition) is 4. The molecule has 16 nitrogen and oxygen atoms in total. The Balaban J connectivity index is 4.61. The number of aliphatic hydroxyl groups excluding tert-OH is 2. The number of carbonyl (C=O) groups excluding carboxylic acids is 3. The van der Waals surface area contributed by atoms with Gasteiger partial charge in [0.05, 0.1) is 26.4 Å². The molecular weight excluding hydrogens is 1150 g/mol. The number of phosphoric acid groups is 2. The standard InChI is InChI=1S/C69H116O16P2/c1-4-7-10-13-16-19-22-24-26-28-29-30-31-32-33-35-37-38-41-43-46-49-52-55-67(72)79-58-64(70)59-81-86(75,76)82-60-65(71)61-83-87(77,78)84-63-66(85-69(74)57-54-51-48-45-40-21-18-15-12-9-6-3)62-80-68(73)56-53-50-47-44-42-39-36-34-27-25-23-20-17-14-11-8-5-2/h7-8,10-11,16-17,19-20,24-27,29-30,32-33,36,39,44,47,64-66,70-71H,4-6,9,12-15,18,21-23,28,31,34-35,37-38,40-43,45-46,48-63H2,1-3H3,(H,75,76)(H,77,78)/b10-7-,11-8-,19-16-,20-17-,26-24-,27-25-,30-29-,33-32-,39-36-,47-44-. The molecule has 0 spiro atoms. The van der Waals surface area contributed by atoms with E-state index in [9.17, 15) is 43.5 Å². The van der Waals surface area contributed by atoms with Crippen LogP contribution in [0, 0.1) is 0 Å². The van der Waals surface area contributed by atoms with E-state index in [1.807, 2.05) is 12.2 Å². The van der Waals surface area contributed by atoms with Gasteiger partial charge in [0, 0.05) is 19.3 Å². The van der Waals surface area contributed by atoms with Crippen LogP contribution in [0.25, 0.3) is 0 Å². The summed E-state index contributed by atoms with van der Waals surface area (Å²) in [5, 5.41) is 20.5. The number of rotatable bonds is 61. The molecule has 0 aromatic heterocycles. The lowest BCUT2D eigenvalue weighted by Crippen LogP contribution is -2.30. The van der Waals surface area contributed by atoms with Crippen LogP contribution in [0.5, 0.6) is 0 Å². The third-order valence-electron chi connectivity index (χ3n) is 13.2. The highest BCUT2D eigenvalue weighted by molar-refractivity contribution is 7.47. The minimum Gasteiger partial charge on any atom is -0.463 e. The van der Waals surface area contributed by atoms with Gasteiger partial charge in [-0.05, 0) is 103 Å². The molecular formula is C69H116O16P2. The van der Waals surface area contributed by atoms with Gasteiger partial charge in [-0.1, -0.05) is 239 Å². The van der Waals surface area contributed by atoms with Crippen LogP contribution in [0.1, 0.15) is 239 Å². The zero-order valence-electron chi connectivity index (χ0n) is 53.6. The number of phosphoric ester groups is 2. The van der Waals surface area contributed by atoms with Gasteiger partial charge in [0.1, 0.15) is 25.4 Å². The van der Waals surface area contributed by atoms with Crippen molar-refractivity contribution in [3.05, 3.63) is 122 Å². The second kappa shape index (κ2) is 62.2. The first-order chi connectivity index (χ1) is 42.2. The normalized spacial score (nSPS) is 15.1. The van der Waals surface area contributed by atoms with Gasteiger partial charge in [0.15, 0.2) is 6.10 Å². The number of allylic oxidation sites excluding steroid dienone is 20. The SMILES string of the molecule is CC/C=C\C/C=C\C/C=C\C/C=C\C/C=C\CCCCCCCCCC(=O)OCC(O)COP(=O)(O)OCC(O)COP(=O)(O)OCC(COC(=O)CCC/C=C\C/C=C\C/C=C\C/C=C\C/C=C\CC)OC(=O)CCCCCCCCCCCCC. The Morgan fingerprint density at radius 3 is 1.01 bits per heavy atom. The van der Waals surface area contributed by atoms with Crippen LogP contribution in [0.15, 0.2) is 122 Å². The number of ether oxygens (including phenoxy) is 3. The van der Waals surface area contributed by atoms with Crippen LogP contribution in [-0.2, 0) is 55.8 Å². The summed E-state index contributed by atoms with van der Waals surface area (Å²) in [5.41, 5.74) is 0. The summed E-state index contributed by atoms with van der Waals surface area (Å²) in [6.45, 7) is 2.33. The highest BCUT2D eigenvalue weighted by Gasteiger charge is 2.29. The molecule has 87 heavy (non-hydrogen) atoms. The first-order valence-corrected chi connectivity index (χ1v) is 35.8. The molecule has 0 aromatic carbocycles. The van der Waals surface area contributed by atoms with Gasteiger partial charge in [-0.2, -0.15) is 0 Å². The molecule has 0 rings (SSSR count).